The van der Waals surface area contributed by atoms with Crippen molar-refractivity contribution in [2.24, 2.45) is 0 Å². The Balaban J connectivity index is 2.57. The molecule has 0 radical (unpaired) electrons. The molecule has 1 saturated heterocycles. The van der Waals surface area contributed by atoms with E-state index in [0.29, 0.717) is 6.61 Å². The van der Waals surface area contributed by atoms with Crippen LogP contribution in [0.5, 0.6) is 0 Å². The lowest BCUT2D eigenvalue weighted by atomic mass is 10.1. The Morgan fingerprint density at radius 1 is 1.15 bits per heavy atom. The summed E-state index contributed by atoms with van der Waals surface area (Å²) in [7, 11) is 4.84. The summed E-state index contributed by atoms with van der Waals surface area (Å²) in [5.74, 6) is 0. The molecule has 1 aliphatic rings. The highest BCUT2D eigenvalue weighted by Crippen LogP contribution is 2.35. The number of hydrogen-bond donors (Lipinski definition) is 1. The van der Waals surface area contributed by atoms with E-state index in [1.54, 1.807) is 21.3 Å². The Morgan fingerprint density at radius 2 is 1.77 bits per heavy atom. The second-order valence-electron chi connectivity index (χ2n) is 2.92. The Bertz CT molecular complexity index is 155. The van der Waals surface area contributed by atoms with Gasteiger partial charge in [0.1, 0.15) is 17.6 Å². The quantitative estimate of drug-likeness (QED) is 0.710. The maximum atomic E-state index is 9.59. The van der Waals surface area contributed by atoms with Gasteiger partial charge in [-0.25, -0.2) is 0 Å². The Kier molecular flexibility index (Phi) is 4.48. The SMILES string of the molecule is COC[C@@H]1SC(O)[C@H](OC)[C@H]1OC. The molecule has 4 atom stereocenters. The van der Waals surface area contributed by atoms with Gasteiger partial charge < -0.3 is 19.3 Å². The first-order valence-electron chi connectivity index (χ1n) is 4.12. The second-order valence-corrected chi connectivity index (χ2v) is 4.28. The van der Waals surface area contributed by atoms with Gasteiger partial charge in [-0.2, -0.15) is 0 Å². The number of aliphatic hydroxyl groups excluding tert-OH is 1. The smallest absolute Gasteiger partial charge is 0.128 e. The molecule has 0 aromatic rings. The molecule has 4 nitrogen and oxygen atoms in total. The van der Waals surface area contributed by atoms with Gasteiger partial charge in [-0.05, 0) is 0 Å². The first-order valence-corrected chi connectivity index (χ1v) is 5.07. The van der Waals surface area contributed by atoms with Crippen molar-refractivity contribution in [2.45, 2.75) is 22.9 Å². The number of thioether (sulfide) groups is 1. The summed E-state index contributed by atoms with van der Waals surface area (Å²) in [5, 5.41) is 9.74. The lowest BCUT2D eigenvalue weighted by molar-refractivity contribution is -0.0634. The van der Waals surface area contributed by atoms with Crippen LogP contribution in [0.15, 0.2) is 0 Å². The third-order valence-corrected chi connectivity index (χ3v) is 3.46. The highest BCUT2D eigenvalue weighted by atomic mass is 32.2. The van der Waals surface area contributed by atoms with E-state index in [0.717, 1.165) is 0 Å². The minimum atomic E-state index is -0.518. The summed E-state index contributed by atoms with van der Waals surface area (Å²) in [4.78, 5) is 0. The molecule has 0 bridgehead atoms. The minimum absolute atomic E-state index is 0.0926. The summed E-state index contributed by atoms with van der Waals surface area (Å²) in [6.07, 6.45) is -0.347. The third-order valence-electron chi connectivity index (χ3n) is 2.16. The van der Waals surface area contributed by atoms with Crippen LogP contribution in [0.2, 0.25) is 0 Å². The van der Waals surface area contributed by atoms with Crippen molar-refractivity contribution in [1.29, 1.82) is 0 Å². The average Bonchev–Trinajstić information content (AvgIpc) is 2.41. The lowest BCUT2D eigenvalue weighted by Gasteiger charge is -2.21. The maximum absolute atomic E-state index is 9.59. The van der Waals surface area contributed by atoms with Crippen LogP contribution in [0.3, 0.4) is 0 Å². The monoisotopic (exact) mass is 208 g/mol. The van der Waals surface area contributed by atoms with E-state index in [9.17, 15) is 5.11 Å². The zero-order chi connectivity index (χ0) is 9.84. The van der Waals surface area contributed by atoms with Crippen molar-refractivity contribution in [3.8, 4) is 0 Å². The third kappa shape index (κ3) is 2.35. The molecule has 1 unspecified atom stereocenters. The highest BCUT2D eigenvalue weighted by molar-refractivity contribution is 8.00. The van der Waals surface area contributed by atoms with Crippen LogP contribution in [0, 0.1) is 0 Å². The van der Waals surface area contributed by atoms with E-state index >= 15 is 0 Å². The Morgan fingerprint density at radius 3 is 2.23 bits per heavy atom. The molecule has 1 rings (SSSR count). The van der Waals surface area contributed by atoms with Crippen molar-refractivity contribution in [2.75, 3.05) is 27.9 Å². The molecule has 0 aliphatic carbocycles. The zero-order valence-corrected chi connectivity index (χ0v) is 8.91. The van der Waals surface area contributed by atoms with E-state index in [1.165, 1.54) is 11.8 Å². The molecule has 0 saturated carbocycles. The molecule has 0 aromatic carbocycles. The number of rotatable bonds is 4. The largest absolute Gasteiger partial charge is 0.383 e. The van der Waals surface area contributed by atoms with Crippen LogP contribution in [0.4, 0.5) is 0 Å². The normalized spacial score (nSPS) is 39.7. The zero-order valence-electron chi connectivity index (χ0n) is 8.10. The molecule has 0 spiro atoms. The molecule has 1 fully saturated rings. The molecule has 1 N–H and O–H groups in total. The van der Waals surface area contributed by atoms with E-state index in [1.807, 2.05) is 0 Å². The summed E-state index contributed by atoms with van der Waals surface area (Å²) >= 11 is 1.44. The predicted octanol–water partition coefficient (Wildman–Crippen LogP) is 0.0966. The number of aliphatic hydroxyl groups is 1. The molecular weight excluding hydrogens is 192 g/mol. The van der Waals surface area contributed by atoms with Gasteiger partial charge in [0, 0.05) is 21.3 Å². The maximum Gasteiger partial charge on any atom is 0.128 e. The van der Waals surface area contributed by atoms with Gasteiger partial charge in [-0.15, -0.1) is 11.8 Å². The fourth-order valence-electron chi connectivity index (χ4n) is 1.54. The van der Waals surface area contributed by atoms with Crippen molar-refractivity contribution in [3.63, 3.8) is 0 Å². The summed E-state index contributed by atoms with van der Waals surface area (Å²) < 4.78 is 15.4. The molecule has 0 amide bonds. The molecular formula is C8H16O4S. The second kappa shape index (κ2) is 5.17. The van der Waals surface area contributed by atoms with Gasteiger partial charge in [-0.3, -0.25) is 0 Å². The molecule has 5 heteroatoms. The van der Waals surface area contributed by atoms with Gasteiger partial charge in [0.15, 0.2) is 0 Å². The van der Waals surface area contributed by atoms with Gasteiger partial charge >= 0.3 is 0 Å². The van der Waals surface area contributed by atoms with E-state index in [-0.39, 0.29) is 17.5 Å². The van der Waals surface area contributed by atoms with E-state index < -0.39 is 5.44 Å². The summed E-state index contributed by atoms with van der Waals surface area (Å²) in [5.41, 5.74) is -0.518. The van der Waals surface area contributed by atoms with Crippen LogP contribution >= 0.6 is 11.8 Å². The van der Waals surface area contributed by atoms with Gasteiger partial charge in [0.2, 0.25) is 0 Å². The standard InChI is InChI=1S/C8H16O4S/c1-10-4-5-6(11-2)7(12-3)8(9)13-5/h5-9H,4H2,1-3H3/t5-,6-,7+,8?/m0/s1. The van der Waals surface area contributed by atoms with Gasteiger partial charge in [0.25, 0.3) is 0 Å². The van der Waals surface area contributed by atoms with Crippen LogP contribution in [-0.2, 0) is 14.2 Å². The molecule has 13 heavy (non-hydrogen) atoms. The van der Waals surface area contributed by atoms with Crippen LogP contribution in [0.1, 0.15) is 0 Å². The van der Waals surface area contributed by atoms with Crippen molar-refractivity contribution >= 4 is 11.8 Å². The number of hydrogen-bond acceptors (Lipinski definition) is 5. The van der Waals surface area contributed by atoms with Crippen LogP contribution < -0.4 is 0 Å². The van der Waals surface area contributed by atoms with Crippen LogP contribution in [-0.4, -0.2) is 55.9 Å². The minimum Gasteiger partial charge on any atom is -0.383 e. The molecule has 78 valence electrons. The van der Waals surface area contributed by atoms with Crippen molar-refractivity contribution < 1.29 is 19.3 Å². The van der Waals surface area contributed by atoms with Crippen molar-refractivity contribution in [3.05, 3.63) is 0 Å². The van der Waals surface area contributed by atoms with E-state index in [4.69, 9.17) is 14.2 Å². The fraction of sp³-hybridized carbons (Fsp3) is 1.00. The van der Waals surface area contributed by atoms with E-state index in [2.05, 4.69) is 0 Å². The highest BCUT2D eigenvalue weighted by Gasteiger charge is 2.43. The first kappa shape index (κ1) is 11.3. The molecule has 1 aliphatic heterocycles. The molecule has 1 heterocycles. The molecule has 0 aromatic heterocycles. The van der Waals surface area contributed by atoms with Gasteiger partial charge in [-0.1, -0.05) is 0 Å². The predicted molar refractivity (Wildman–Crippen MR) is 50.9 cm³/mol. The Hall–Kier alpha value is 0.190. The Labute approximate surface area is 82.5 Å². The number of methoxy groups -OCH3 is 3. The summed E-state index contributed by atoms with van der Waals surface area (Å²) in [6, 6.07) is 0. The van der Waals surface area contributed by atoms with Gasteiger partial charge in [0.05, 0.1) is 11.9 Å². The first-order chi connectivity index (χ1) is 6.24. The number of ether oxygens (including phenoxy) is 3. The topological polar surface area (TPSA) is 47.9 Å². The summed E-state index contributed by atoms with van der Waals surface area (Å²) in [6.45, 7) is 0.570. The average molecular weight is 208 g/mol. The lowest BCUT2D eigenvalue weighted by Crippen LogP contribution is -2.37. The van der Waals surface area contributed by atoms with Crippen LogP contribution in [0.25, 0.3) is 0 Å². The fourth-order valence-corrected chi connectivity index (χ4v) is 2.96. The van der Waals surface area contributed by atoms with Crippen molar-refractivity contribution in [1.82, 2.24) is 0 Å².